The first kappa shape index (κ1) is 19.3. The number of ether oxygens (including phenoxy) is 2. The average molecular weight is 409 g/mol. The molecule has 2 aromatic carbocycles. The van der Waals surface area contributed by atoms with E-state index in [1.807, 2.05) is 62.6 Å². The van der Waals surface area contributed by atoms with E-state index in [0.29, 0.717) is 13.2 Å². The van der Waals surface area contributed by atoms with Gasteiger partial charge in [-0.1, -0.05) is 36.4 Å². The van der Waals surface area contributed by atoms with Crippen LogP contribution in [-0.4, -0.2) is 23.2 Å². The van der Waals surface area contributed by atoms with Gasteiger partial charge in [-0.3, -0.25) is 9.97 Å². The molecule has 0 saturated heterocycles. The van der Waals surface area contributed by atoms with E-state index < -0.39 is 5.41 Å². The molecule has 154 valence electrons. The van der Waals surface area contributed by atoms with Crippen LogP contribution in [0.2, 0.25) is 0 Å². The number of nitrogens with zero attached hydrogens (tertiary/aromatic N) is 2. The van der Waals surface area contributed by atoms with E-state index in [9.17, 15) is 0 Å². The minimum absolute atomic E-state index is 0.511. The van der Waals surface area contributed by atoms with E-state index in [-0.39, 0.29) is 0 Å². The number of hydrogen-bond acceptors (Lipinski definition) is 4. The molecule has 0 spiro atoms. The third-order valence-electron chi connectivity index (χ3n) is 5.84. The SMILES string of the molecule is CCOc1ccc(C2(c3ccc(OCC)cc3)c3cccnc3-c3ncccc32)cc1. The van der Waals surface area contributed by atoms with Crippen LogP contribution in [0.1, 0.15) is 36.1 Å². The highest BCUT2D eigenvalue weighted by atomic mass is 16.5. The Kier molecular flexibility index (Phi) is 4.91. The molecule has 0 bridgehead atoms. The summed E-state index contributed by atoms with van der Waals surface area (Å²) in [5, 5.41) is 0. The summed E-state index contributed by atoms with van der Waals surface area (Å²) in [7, 11) is 0. The highest BCUT2D eigenvalue weighted by molar-refractivity contribution is 5.81. The Balaban J connectivity index is 1.80. The highest BCUT2D eigenvalue weighted by Gasteiger charge is 2.47. The van der Waals surface area contributed by atoms with E-state index in [1.54, 1.807) is 0 Å². The average Bonchev–Trinajstić information content (AvgIpc) is 3.12. The molecule has 1 aliphatic rings. The third kappa shape index (κ3) is 2.98. The maximum absolute atomic E-state index is 5.70. The van der Waals surface area contributed by atoms with Crippen LogP contribution in [0.3, 0.4) is 0 Å². The van der Waals surface area contributed by atoms with Crippen LogP contribution in [-0.2, 0) is 5.41 Å². The first-order chi connectivity index (χ1) is 15.3. The summed E-state index contributed by atoms with van der Waals surface area (Å²) in [5.74, 6) is 1.73. The number of rotatable bonds is 6. The van der Waals surface area contributed by atoms with Crippen molar-refractivity contribution in [2.45, 2.75) is 19.3 Å². The predicted molar refractivity (Wildman–Crippen MR) is 122 cm³/mol. The molecule has 0 atom stereocenters. The predicted octanol–water partition coefficient (Wildman–Crippen LogP) is 5.64. The number of hydrogen-bond donors (Lipinski definition) is 0. The van der Waals surface area contributed by atoms with Crippen molar-refractivity contribution in [1.82, 2.24) is 9.97 Å². The van der Waals surface area contributed by atoms with Crippen molar-refractivity contribution in [2.24, 2.45) is 0 Å². The van der Waals surface area contributed by atoms with Crippen LogP contribution in [0, 0.1) is 0 Å². The number of aromatic nitrogens is 2. The summed E-state index contributed by atoms with van der Waals surface area (Å²) < 4.78 is 11.4. The molecule has 0 amide bonds. The van der Waals surface area contributed by atoms with Gasteiger partial charge in [-0.05, 0) is 72.5 Å². The monoisotopic (exact) mass is 408 g/mol. The third-order valence-corrected chi connectivity index (χ3v) is 5.84. The van der Waals surface area contributed by atoms with E-state index in [1.165, 1.54) is 0 Å². The number of benzene rings is 2. The lowest BCUT2D eigenvalue weighted by molar-refractivity contribution is 0.340. The molecule has 0 unspecified atom stereocenters. The van der Waals surface area contributed by atoms with E-state index in [4.69, 9.17) is 19.4 Å². The van der Waals surface area contributed by atoms with Gasteiger partial charge in [-0.15, -0.1) is 0 Å². The van der Waals surface area contributed by atoms with E-state index in [2.05, 4.69) is 36.4 Å². The Morgan fingerprint density at radius 3 is 1.42 bits per heavy atom. The van der Waals surface area contributed by atoms with Gasteiger partial charge in [0.1, 0.15) is 11.5 Å². The smallest absolute Gasteiger partial charge is 0.119 e. The molecule has 0 aliphatic heterocycles. The standard InChI is InChI=1S/C27H24N2O2/c1-3-30-21-13-9-19(10-14-21)27(20-11-15-22(16-12-20)31-4-2)23-7-5-17-28-25(23)26-24(27)8-6-18-29-26/h5-18H,3-4H2,1-2H3. The first-order valence-electron chi connectivity index (χ1n) is 10.7. The number of fused-ring (bicyclic) bond motifs is 3. The van der Waals surface area contributed by atoms with Crippen LogP contribution in [0.15, 0.2) is 85.2 Å². The summed E-state index contributed by atoms with van der Waals surface area (Å²) in [6.07, 6.45) is 3.67. The molecule has 4 heteroatoms. The second-order valence-corrected chi connectivity index (χ2v) is 7.46. The lowest BCUT2D eigenvalue weighted by atomic mass is 9.68. The van der Waals surface area contributed by atoms with Crippen LogP contribution in [0.4, 0.5) is 0 Å². The number of pyridine rings is 2. The minimum Gasteiger partial charge on any atom is -0.494 e. The van der Waals surface area contributed by atoms with Gasteiger partial charge in [0.15, 0.2) is 0 Å². The maximum atomic E-state index is 5.70. The van der Waals surface area contributed by atoms with E-state index in [0.717, 1.165) is 45.1 Å². The Morgan fingerprint density at radius 1 is 0.613 bits per heavy atom. The molecule has 2 heterocycles. The van der Waals surface area contributed by atoms with Gasteiger partial charge in [0.25, 0.3) is 0 Å². The van der Waals surface area contributed by atoms with Crippen molar-refractivity contribution in [2.75, 3.05) is 13.2 Å². The molecule has 31 heavy (non-hydrogen) atoms. The van der Waals surface area contributed by atoms with E-state index >= 15 is 0 Å². The van der Waals surface area contributed by atoms with Gasteiger partial charge in [0.2, 0.25) is 0 Å². The summed E-state index contributed by atoms with van der Waals surface area (Å²) in [6.45, 7) is 5.28. The molecule has 0 saturated carbocycles. The zero-order valence-corrected chi connectivity index (χ0v) is 17.7. The molecule has 4 nitrogen and oxygen atoms in total. The Bertz CT molecular complexity index is 1100. The zero-order chi connectivity index (χ0) is 21.3. The Hall–Kier alpha value is -3.66. The largest absolute Gasteiger partial charge is 0.494 e. The maximum Gasteiger partial charge on any atom is 0.119 e. The normalized spacial score (nSPS) is 13.4. The van der Waals surface area contributed by atoms with Crippen LogP contribution in [0.25, 0.3) is 11.4 Å². The summed E-state index contributed by atoms with van der Waals surface area (Å²) in [4.78, 5) is 9.46. The fourth-order valence-corrected chi connectivity index (χ4v) is 4.66. The lowest BCUT2D eigenvalue weighted by Gasteiger charge is -2.33. The van der Waals surface area contributed by atoms with Crippen molar-refractivity contribution in [3.05, 3.63) is 107 Å². The van der Waals surface area contributed by atoms with Crippen molar-refractivity contribution in [3.8, 4) is 22.9 Å². The summed E-state index contributed by atoms with van der Waals surface area (Å²) >= 11 is 0. The van der Waals surface area contributed by atoms with Crippen molar-refractivity contribution in [3.63, 3.8) is 0 Å². The first-order valence-corrected chi connectivity index (χ1v) is 10.7. The van der Waals surface area contributed by atoms with Crippen molar-refractivity contribution < 1.29 is 9.47 Å². The van der Waals surface area contributed by atoms with Gasteiger partial charge in [0.05, 0.1) is 30.0 Å². The highest BCUT2D eigenvalue weighted by Crippen LogP contribution is 2.54. The molecule has 0 fully saturated rings. The molecule has 5 rings (SSSR count). The van der Waals surface area contributed by atoms with Gasteiger partial charge < -0.3 is 9.47 Å². The molecular formula is C27H24N2O2. The molecule has 4 aromatic rings. The zero-order valence-electron chi connectivity index (χ0n) is 17.7. The topological polar surface area (TPSA) is 44.2 Å². The molecule has 2 aromatic heterocycles. The summed E-state index contributed by atoms with van der Waals surface area (Å²) in [5.41, 5.74) is 5.93. The van der Waals surface area contributed by atoms with Gasteiger partial charge >= 0.3 is 0 Å². The fourth-order valence-electron chi connectivity index (χ4n) is 4.66. The molecule has 0 radical (unpaired) electrons. The second-order valence-electron chi connectivity index (χ2n) is 7.46. The molecular weight excluding hydrogens is 384 g/mol. The minimum atomic E-state index is -0.511. The van der Waals surface area contributed by atoms with Crippen LogP contribution in [0.5, 0.6) is 11.5 Å². The fraction of sp³-hybridized carbons (Fsp3) is 0.185. The quantitative estimate of drug-likeness (QED) is 0.365. The molecule has 1 aliphatic carbocycles. The van der Waals surface area contributed by atoms with Crippen LogP contribution >= 0.6 is 0 Å². The lowest BCUT2D eigenvalue weighted by Crippen LogP contribution is -2.28. The Labute approximate surface area is 182 Å². The van der Waals surface area contributed by atoms with Crippen molar-refractivity contribution in [1.29, 1.82) is 0 Å². The molecule has 0 N–H and O–H groups in total. The van der Waals surface area contributed by atoms with Crippen molar-refractivity contribution >= 4 is 0 Å². The van der Waals surface area contributed by atoms with Gasteiger partial charge in [-0.2, -0.15) is 0 Å². The van der Waals surface area contributed by atoms with Gasteiger partial charge in [0, 0.05) is 12.4 Å². The Morgan fingerprint density at radius 2 is 1.03 bits per heavy atom. The van der Waals surface area contributed by atoms with Crippen LogP contribution < -0.4 is 9.47 Å². The summed E-state index contributed by atoms with van der Waals surface area (Å²) in [6, 6.07) is 25.1. The van der Waals surface area contributed by atoms with Gasteiger partial charge in [-0.25, -0.2) is 0 Å². The second kappa shape index (κ2) is 7.88.